The highest BCUT2D eigenvalue weighted by Crippen LogP contribution is 2.27. The van der Waals surface area contributed by atoms with E-state index >= 15 is 0 Å². The van der Waals surface area contributed by atoms with Crippen LogP contribution in [0.3, 0.4) is 0 Å². The largest absolute Gasteiger partial charge is 0.495 e. The monoisotopic (exact) mass is 341 g/mol. The fraction of sp³-hybridized carbons (Fsp3) is 0.368. The zero-order chi connectivity index (χ0) is 18.2. The summed E-state index contributed by atoms with van der Waals surface area (Å²) >= 11 is 0. The van der Waals surface area contributed by atoms with Gasteiger partial charge in [-0.3, -0.25) is 4.79 Å². The fourth-order valence-electron chi connectivity index (χ4n) is 2.67. The normalized spacial score (nSPS) is 13.9. The summed E-state index contributed by atoms with van der Waals surface area (Å²) in [5, 5.41) is 0. The van der Waals surface area contributed by atoms with E-state index in [4.69, 9.17) is 9.47 Å². The number of nitrogens with zero attached hydrogens (tertiary/aromatic N) is 3. The number of ether oxygens (including phenoxy) is 2. The smallest absolute Gasteiger partial charge is 0.341 e. The van der Waals surface area contributed by atoms with Gasteiger partial charge < -0.3 is 19.9 Å². The summed E-state index contributed by atoms with van der Waals surface area (Å²) in [6.45, 7) is 6.98. The fourth-order valence-corrected chi connectivity index (χ4v) is 2.67. The lowest BCUT2D eigenvalue weighted by Gasteiger charge is -2.27. The van der Waals surface area contributed by atoms with Crippen LogP contribution in [0.4, 0.5) is 0 Å². The standard InChI is InChI=1S/C19H23N3O3/c1-4-22(19(23)14-10-8-7-9-11-14)16-13-17(24-5-2)15(21-20)12-18(16)25-6-3/h7-11,13H,4-6,12H2,1-3H3. The molecule has 1 amide bonds. The summed E-state index contributed by atoms with van der Waals surface area (Å²) in [4.78, 5) is 17.9. The first kappa shape index (κ1) is 18.5. The molecule has 6 heteroatoms. The predicted molar refractivity (Wildman–Crippen MR) is 94.8 cm³/mol. The first-order chi connectivity index (χ1) is 12.2. The summed E-state index contributed by atoms with van der Waals surface area (Å²) in [5.41, 5.74) is 10.9. The summed E-state index contributed by atoms with van der Waals surface area (Å²) < 4.78 is 11.3. The van der Waals surface area contributed by atoms with E-state index in [2.05, 4.69) is 4.79 Å². The van der Waals surface area contributed by atoms with Gasteiger partial charge in [0.25, 0.3) is 5.91 Å². The van der Waals surface area contributed by atoms with Crippen LogP contribution >= 0.6 is 0 Å². The van der Waals surface area contributed by atoms with Crippen LogP contribution in [0.5, 0.6) is 0 Å². The zero-order valence-corrected chi connectivity index (χ0v) is 14.9. The molecule has 0 fully saturated rings. The van der Waals surface area contributed by atoms with Crippen molar-refractivity contribution in [2.75, 3.05) is 19.8 Å². The average Bonchev–Trinajstić information content (AvgIpc) is 2.65. The molecule has 1 aromatic rings. The van der Waals surface area contributed by atoms with Gasteiger partial charge in [0.2, 0.25) is 5.76 Å². The predicted octanol–water partition coefficient (Wildman–Crippen LogP) is 3.39. The van der Waals surface area contributed by atoms with Gasteiger partial charge >= 0.3 is 5.71 Å². The number of likely N-dealkylation sites (N-methyl/N-ethyl adjacent to an activating group) is 1. The van der Waals surface area contributed by atoms with Crippen molar-refractivity contribution in [2.45, 2.75) is 27.2 Å². The first-order valence-corrected chi connectivity index (χ1v) is 8.44. The Kier molecular flexibility index (Phi) is 6.54. The summed E-state index contributed by atoms with van der Waals surface area (Å²) in [6, 6.07) is 9.09. The molecule has 0 radical (unpaired) electrons. The van der Waals surface area contributed by atoms with Crippen LogP contribution in [-0.2, 0) is 9.47 Å². The molecule has 0 saturated carbocycles. The number of benzene rings is 1. The molecular weight excluding hydrogens is 318 g/mol. The number of rotatable bonds is 7. The molecule has 0 aromatic heterocycles. The van der Waals surface area contributed by atoms with E-state index in [1.54, 1.807) is 23.1 Å². The van der Waals surface area contributed by atoms with Crippen molar-refractivity contribution in [1.82, 2.24) is 4.90 Å². The molecule has 0 unspecified atom stereocenters. The third-order valence-electron chi connectivity index (χ3n) is 3.78. The van der Waals surface area contributed by atoms with Gasteiger partial charge in [-0.15, -0.1) is 0 Å². The van der Waals surface area contributed by atoms with Crippen molar-refractivity contribution < 1.29 is 19.1 Å². The van der Waals surface area contributed by atoms with Crippen LogP contribution in [0.2, 0.25) is 0 Å². The first-order valence-electron chi connectivity index (χ1n) is 8.44. The molecule has 0 N–H and O–H groups in total. The maximum Gasteiger partial charge on any atom is 0.341 e. The lowest BCUT2D eigenvalue weighted by atomic mass is 10.0. The lowest BCUT2D eigenvalue weighted by molar-refractivity contribution is -0.0137. The Morgan fingerprint density at radius 3 is 2.40 bits per heavy atom. The number of carbonyl (C=O) groups excluding carboxylic acids is 1. The van der Waals surface area contributed by atoms with Crippen molar-refractivity contribution >= 4 is 11.6 Å². The van der Waals surface area contributed by atoms with Gasteiger partial charge in [-0.05, 0) is 32.9 Å². The molecule has 0 aliphatic heterocycles. The van der Waals surface area contributed by atoms with Gasteiger partial charge in [0.1, 0.15) is 12.2 Å². The molecule has 0 atom stereocenters. The van der Waals surface area contributed by atoms with Crippen LogP contribution in [0.25, 0.3) is 5.53 Å². The Morgan fingerprint density at radius 1 is 1.16 bits per heavy atom. The molecule has 25 heavy (non-hydrogen) atoms. The molecular formula is C19H23N3O3. The van der Waals surface area contributed by atoms with Crippen LogP contribution < -0.4 is 0 Å². The number of carbonyl (C=O) groups is 1. The third kappa shape index (κ3) is 4.17. The second kappa shape index (κ2) is 8.85. The summed E-state index contributed by atoms with van der Waals surface area (Å²) in [7, 11) is 0. The number of amides is 1. The molecule has 0 saturated heterocycles. The SMILES string of the molecule is CCOC1=CC(N(CC)C(=O)c2ccccc2)=C(OCC)CC1=[N+]=[N-]. The van der Waals surface area contributed by atoms with Crippen molar-refractivity contribution in [3.05, 3.63) is 64.7 Å². The highest BCUT2D eigenvalue weighted by Gasteiger charge is 2.32. The molecule has 6 nitrogen and oxygen atoms in total. The van der Waals surface area contributed by atoms with Crippen LogP contribution in [0.1, 0.15) is 37.6 Å². The van der Waals surface area contributed by atoms with E-state index in [-0.39, 0.29) is 12.3 Å². The quantitative estimate of drug-likeness (QED) is 0.563. The van der Waals surface area contributed by atoms with E-state index in [1.165, 1.54) is 0 Å². The van der Waals surface area contributed by atoms with Crippen molar-refractivity contribution in [3.63, 3.8) is 0 Å². The molecule has 1 aromatic carbocycles. The minimum atomic E-state index is -0.119. The Morgan fingerprint density at radius 2 is 1.84 bits per heavy atom. The van der Waals surface area contributed by atoms with Gasteiger partial charge in [-0.25, -0.2) is 0 Å². The molecule has 1 aliphatic rings. The maximum atomic E-state index is 12.9. The highest BCUT2D eigenvalue weighted by atomic mass is 16.5. The van der Waals surface area contributed by atoms with Crippen molar-refractivity contribution in [1.29, 1.82) is 0 Å². The van der Waals surface area contributed by atoms with Crippen LogP contribution in [0, 0.1) is 0 Å². The Hall–Kier alpha value is -2.85. The number of allylic oxidation sites excluding steroid dienone is 3. The Bertz CT molecular complexity index is 732. The van der Waals surface area contributed by atoms with Gasteiger partial charge in [-0.2, -0.15) is 4.79 Å². The molecule has 132 valence electrons. The molecule has 0 bridgehead atoms. The molecule has 0 spiro atoms. The van der Waals surface area contributed by atoms with E-state index in [0.717, 1.165) is 0 Å². The lowest BCUT2D eigenvalue weighted by Crippen LogP contribution is -2.33. The van der Waals surface area contributed by atoms with Crippen LogP contribution in [-0.4, -0.2) is 41.1 Å². The second-order valence-corrected chi connectivity index (χ2v) is 5.32. The molecule has 2 rings (SSSR count). The highest BCUT2D eigenvalue weighted by molar-refractivity contribution is 5.99. The third-order valence-corrected chi connectivity index (χ3v) is 3.78. The summed E-state index contributed by atoms with van der Waals surface area (Å²) in [5.74, 6) is 0.916. The number of hydrogen-bond donors (Lipinski definition) is 0. The minimum Gasteiger partial charge on any atom is -0.495 e. The van der Waals surface area contributed by atoms with Crippen molar-refractivity contribution in [3.8, 4) is 0 Å². The van der Waals surface area contributed by atoms with Crippen molar-refractivity contribution in [2.24, 2.45) is 0 Å². The topological polar surface area (TPSA) is 75.2 Å². The minimum absolute atomic E-state index is 0.119. The van der Waals surface area contributed by atoms with Gasteiger partial charge in [0.05, 0.1) is 18.9 Å². The molecule has 1 aliphatic carbocycles. The van der Waals surface area contributed by atoms with E-state index in [1.807, 2.05) is 39.0 Å². The number of hydrogen-bond acceptors (Lipinski definition) is 3. The summed E-state index contributed by atoms with van der Waals surface area (Å²) in [6.07, 6.45) is 1.97. The van der Waals surface area contributed by atoms with E-state index < -0.39 is 0 Å². The Balaban J connectivity index is 2.48. The zero-order valence-electron chi connectivity index (χ0n) is 14.9. The second-order valence-electron chi connectivity index (χ2n) is 5.32. The van der Waals surface area contributed by atoms with Gasteiger partial charge in [-0.1, -0.05) is 18.2 Å². The Labute approximate surface area is 148 Å². The molecule has 0 heterocycles. The van der Waals surface area contributed by atoms with E-state index in [0.29, 0.717) is 48.2 Å². The van der Waals surface area contributed by atoms with E-state index in [9.17, 15) is 10.3 Å². The van der Waals surface area contributed by atoms with Gasteiger partial charge in [0, 0.05) is 18.2 Å². The maximum absolute atomic E-state index is 12.9. The average molecular weight is 341 g/mol. The van der Waals surface area contributed by atoms with Gasteiger partial charge in [0.15, 0.2) is 0 Å². The van der Waals surface area contributed by atoms with Crippen LogP contribution in [0.15, 0.2) is 53.6 Å².